The van der Waals surface area contributed by atoms with Crippen LogP contribution in [-0.4, -0.2) is 22.6 Å². The molecule has 4 N–H and O–H groups in total. The fourth-order valence-electron chi connectivity index (χ4n) is 1.86. The van der Waals surface area contributed by atoms with E-state index in [4.69, 9.17) is 10.9 Å². The fourth-order valence-corrected chi connectivity index (χ4v) is 1.86. The van der Waals surface area contributed by atoms with E-state index in [2.05, 4.69) is 22.4 Å². The van der Waals surface area contributed by atoms with Crippen molar-refractivity contribution in [3.8, 4) is 0 Å². The second-order valence-electron chi connectivity index (χ2n) is 4.64. The number of oxime groups is 1. The van der Waals surface area contributed by atoms with Crippen molar-refractivity contribution in [2.45, 2.75) is 19.9 Å². The van der Waals surface area contributed by atoms with Crippen LogP contribution in [0.1, 0.15) is 24.6 Å². The van der Waals surface area contributed by atoms with E-state index in [1.807, 2.05) is 12.1 Å². The van der Waals surface area contributed by atoms with Gasteiger partial charge in [0.2, 0.25) is 0 Å². The minimum atomic E-state index is 0.0441. The van der Waals surface area contributed by atoms with Gasteiger partial charge in [-0.25, -0.2) is 0 Å². The van der Waals surface area contributed by atoms with Gasteiger partial charge in [-0.05, 0) is 42.5 Å². The Morgan fingerprint density at radius 2 is 2.47 bits per heavy atom. The summed E-state index contributed by atoms with van der Waals surface area (Å²) in [4.78, 5) is 4.03. The highest BCUT2D eigenvalue weighted by atomic mass is 16.4. The van der Waals surface area contributed by atoms with Gasteiger partial charge in [-0.3, -0.25) is 4.98 Å². The van der Waals surface area contributed by atoms with Crippen LogP contribution < -0.4 is 11.1 Å². The van der Waals surface area contributed by atoms with Crippen LogP contribution in [0.4, 0.5) is 0 Å². The summed E-state index contributed by atoms with van der Waals surface area (Å²) in [6, 6.07) is 3.76. The number of rotatable bonds is 5. The molecule has 0 saturated heterocycles. The maximum Gasteiger partial charge on any atom is 0.188 e. The summed E-state index contributed by atoms with van der Waals surface area (Å²) in [5.41, 5.74) is 7.08. The third-order valence-corrected chi connectivity index (χ3v) is 3.21. The number of nitrogens with zero attached hydrogens (tertiary/aromatic N) is 2. The van der Waals surface area contributed by atoms with E-state index in [1.54, 1.807) is 6.20 Å². The Bertz CT molecular complexity index is 419. The van der Waals surface area contributed by atoms with Crippen molar-refractivity contribution in [2.75, 3.05) is 6.54 Å². The van der Waals surface area contributed by atoms with E-state index < -0.39 is 0 Å². The van der Waals surface area contributed by atoms with Crippen molar-refractivity contribution < 1.29 is 5.21 Å². The van der Waals surface area contributed by atoms with Crippen LogP contribution in [-0.2, 0) is 6.54 Å². The predicted molar refractivity (Wildman–Crippen MR) is 65.7 cm³/mol. The first-order valence-electron chi connectivity index (χ1n) is 5.84. The lowest BCUT2D eigenvalue weighted by molar-refractivity contribution is 0.318. The van der Waals surface area contributed by atoms with Crippen molar-refractivity contribution in [3.05, 3.63) is 29.6 Å². The number of aromatic nitrogens is 1. The first-order chi connectivity index (χ1) is 8.20. The third-order valence-electron chi connectivity index (χ3n) is 3.21. The number of hydrogen-bond donors (Lipinski definition) is 3. The van der Waals surface area contributed by atoms with Gasteiger partial charge in [-0.2, -0.15) is 0 Å². The highest BCUT2D eigenvalue weighted by Gasteiger charge is 2.31. The van der Waals surface area contributed by atoms with Gasteiger partial charge in [0, 0.05) is 12.7 Å². The van der Waals surface area contributed by atoms with E-state index in [0.29, 0.717) is 5.69 Å². The van der Waals surface area contributed by atoms with Crippen LogP contribution in [0.5, 0.6) is 0 Å². The zero-order chi connectivity index (χ0) is 12.3. The zero-order valence-electron chi connectivity index (χ0n) is 9.93. The van der Waals surface area contributed by atoms with Crippen molar-refractivity contribution in [1.29, 1.82) is 0 Å². The molecule has 1 aromatic rings. The summed E-state index contributed by atoms with van der Waals surface area (Å²) < 4.78 is 0. The summed E-state index contributed by atoms with van der Waals surface area (Å²) in [5, 5.41) is 14.9. The SMILES string of the molecule is CC1CC1CNCc1ccnc(/C(N)=N/O)c1. The van der Waals surface area contributed by atoms with Gasteiger partial charge < -0.3 is 16.3 Å². The molecule has 0 aliphatic heterocycles. The standard InChI is InChI=1S/C12H18N4O/c1-8-4-10(8)7-14-6-9-2-3-15-11(5-9)12(13)16-17/h2-3,5,8,10,14,17H,4,6-7H2,1H3,(H2,13,16). The number of amidine groups is 1. The van der Waals surface area contributed by atoms with Crippen molar-refractivity contribution in [3.63, 3.8) is 0 Å². The number of nitrogens with two attached hydrogens (primary N) is 1. The summed E-state index contributed by atoms with van der Waals surface area (Å²) in [7, 11) is 0. The Kier molecular flexibility index (Phi) is 3.58. The molecular formula is C12H18N4O. The molecule has 1 fully saturated rings. The molecule has 17 heavy (non-hydrogen) atoms. The third kappa shape index (κ3) is 3.17. The van der Waals surface area contributed by atoms with Crippen LogP contribution in [0.25, 0.3) is 0 Å². The molecule has 0 bridgehead atoms. The monoisotopic (exact) mass is 234 g/mol. The Labute approximate surface area is 101 Å². The van der Waals surface area contributed by atoms with Gasteiger partial charge in [0.1, 0.15) is 5.69 Å². The van der Waals surface area contributed by atoms with E-state index in [-0.39, 0.29) is 5.84 Å². The zero-order valence-corrected chi connectivity index (χ0v) is 9.93. The first kappa shape index (κ1) is 11.9. The fraction of sp³-hybridized carbons (Fsp3) is 0.500. The predicted octanol–water partition coefficient (Wildman–Crippen LogP) is 0.922. The molecule has 2 unspecified atom stereocenters. The Morgan fingerprint density at radius 1 is 1.71 bits per heavy atom. The number of nitrogens with one attached hydrogen (secondary N) is 1. The molecule has 5 nitrogen and oxygen atoms in total. The van der Waals surface area contributed by atoms with Crippen molar-refractivity contribution in [1.82, 2.24) is 10.3 Å². The van der Waals surface area contributed by atoms with E-state index >= 15 is 0 Å². The van der Waals surface area contributed by atoms with Crippen LogP contribution >= 0.6 is 0 Å². The maximum absolute atomic E-state index is 8.57. The molecule has 0 radical (unpaired) electrons. The minimum absolute atomic E-state index is 0.0441. The lowest BCUT2D eigenvalue weighted by Crippen LogP contribution is -2.19. The van der Waals surface area contributed by atoms with E-state index in [1.165, 1.54) is 6.42 Å². The maximum atomic E-state index is 8.57. The largest absolute Gasteiger partial charge is 0.409 e. The average Bonchev–Trinajstić information content (AvgIpc) is 3.05. The van der Waals surface area contributed by atoms with Gasteiger partial charge in [0.05, 0.1) is 0 Å². The first-order valence-corrected chi connectivity index (χ1v) is 5.84. The molecule has 1 heterocycles. The quantitative estimate of drug-likeness (QED) is 0.306. The lowest BCUT2D eigenvalue weighted by Gasteiger charge is -2.05. The molecule has 1 aliphatic carbocycles. The molecule has 5 heteroatoms. The van der Waals surface area contributed by atoms with E-state index in [0.717, 1.165) is 30.5 Å². The van der Waals surface area contributed by atoms with E-state index in [9.17, 15) is 0 Å². The topological polar surface area (TPSA) is 83.5 Å². The van der Waals surface area contributed by atoms with Gasteiger partial charge in [0.25, 0.3) is 0 Å². The highest BCUT2D eigenvalue weighted by Crippen LogP contribution is 2.36. The number of pyridine rings is 1. The molecule has 92 valence electrons. The summed E-state index contributed by atoms with van der Waals surface area (Å²) >= 11 is 0. The van der Waals surface area contributed by atoms with Gasteiger partial charge >= 0.3 is 0 Å². The van der Waals surface area contributed by atoms with Crippen molar-refractivity contribution >= 4 is 5.84 Å². The van der Waals surface area contributed by atoms with Crippen LogP contribution in [0, 0.1) is 11.8 Å². The van der Waals surface area contributed by atoms with Crippen LogP contribution in [0.3, 0.4) is 0 Å². The smallest absolute Gasteiger partial charge is 0.188 e. The summed E-state index contributed by atoms with van der Waals surface area (Å²) in [5.74, 6) is 1.75. The van der Waals surface area contributed by atoms with Gasteiger partial charge in [-0.15, -0.1) is 0 Å². The minimum Gasteiger partial charge on any atom is -0.409 e. The Balaban J connectivity index is 1.87. The van der Waals surface area contributed by atoms with Crippen molar-refractivity contribution in [2.24, 2.45) is 22.7 Å². The second kappa shape index (κ2) is 5.14. The number of hydrogen-bond acceptors (Lipinski definition) is 4. The van der Waals surface area contributed by atoms with Crippen LogP contribution in [0.2, 0.25) is 0 Å². The Hall–Kier alpha value is -1.62. The van der Waals surface area contributed by atoms with Crippen LogP contribution in [0.15, 0.2) is 23.5 Å². The molecule has 1 aliphatic rings. The normalized spacial score (nSPS) is 23.7. The van der Waals surface area contributed by atoms with Gasteiger partial charge in [0.15, 0.2) is 5.84 Å². The molecule has 1 saturated carbocycles. The molecule has 2 atom stereocenters. The molecule has 1 aromatic heterocycles. The average molecular weight is 234 g/mol. The molecule has 0 amide bonds. The lowest BCUT2D eigenvalue weighted by atomic mass is 10.2. The molecular weight excluding hydrogens is 216 g/mol. The van der Waals surface area contributed by atoms with Gasteiger partial charge in [-0.1, -0.05) is 12.1 Å². The molecule has 2 rings (SSSR count). The summed E-state index contributed by atoms with van der Waals surface area (Å²) in [6.07, 6.45) is 3.00. The molecule has 0 spiro atoms. The Morgan fingerprint density at radius 3 is 3.12 bits per heavy atom. The second-order valence-corrected chi connectivity index (χ2v) is 4.64. The highest BCUT2D eigenvalue weighted by molar-refractivity contribution is 5.95. The molecule has 0 aromatic carbocycles. The summed E-state index contributed by atoms with van der Waals surface area (Å²) in [6.45, 7) is 4.12.